The summed E-state index contributed by atoms with van der Waals surface area (Å²) in [5.74, 6) is 0.317. The number of fused-ring (bicyclic) bond motifs is 1. The first-order chi connectivity index (χ1) is 16.5. The van der Waals surface area contributed by atoms with Crippen LogP contribution in [0.25, 0.3) is 0 Å². The lowest BCUT2D eigenvalue weighted by Gasteiger charge is -2.50. The summed E-state index contributed by atoms with van der Waals surface area (Å²) in [6.45, 7) is 4.00. The molecule has 0 aromatic carbocycles. The smallest absolute Gasteiger partial charge is 0.151 e. The minimum absolute atomic E-state index is 0.00402. The van der Waals surface area contributed by atoms with Gasteiger partial charge in [0.15, 0.2) is 6.30 Å². The van der Waals surface area contributed by atoms with Gasteiger partial charge in [0, 0.05) is 43.4 Å². The van der Waals surface area contributed by atoms with Crippen LogP contribution in [-0.2, 0) is 9.47 Å². The maximum Gasteiger partial charge on any atom is 0.151 e. The molecule has 2 aliphatic carbocycles. The molecule has 0 amide bonds. The monoisotopic (exact) mass is 499 g/mol. The van der Waals surface area contributed by atoms with Gasteiger partial charge in [0.05, 0.1) is 36.2 Å². The van der Waals surface area contributed by atoms with E-state index in [1.807, 2.05) is 7.05 Å². The Hall–Kier alpha value is -0.530. The number of halogens is 2. The second-order valence-electron chi connectivity index (χ2n) is 10.6. The second kappa shape index (κ2) is 12.6. The summed E-state index contributed by atoms with van der Waals surface area (Å²) in [5, 5.41) is 23.8. The molecular weight excluding hydrogens is 457 g/mol. The molecule has 4 N–H and O–H groups in total. The lowest BCUT2D eigenvalue weighted by Crippen LogP contribution is -2.65. The maximum atomic E-state index is 13.6. The molecular formula is C25H43ClFN5O2. The highest BCUT2D eigenvalue weighted by Crippen LogP contribution is 2.36. The van der Waals surface area contributed by atoms with Gasteiger partial charge in [-0.1, -0.05) is 0 Å². The number of nitrogens with zero attached hydrogens (tertiary/aromatic N) is 1. The van der Waals surface area contributed by atoms with Crippen LogP contribution in [0.15, 0.2) is 0 Å². The van der Waals surface area contributed by atoms with Crippen LogP contribution in [0.2, 0.25) is 0 Å². The van der Waals surface area contributed by atoms with E-state index >= 15 is 0 Å². The normalized spacial score (nSPS) is 45.3. The first kappa shape index (κ1) is 26.5. The fourth-order valence-electron chi connectivity index (χ4n) is 6.64. The highest BCUT2D eigenvalue weighted by Gasteiger charge is 2.47. The first-order valence-electron chi connectivity index (χ1n) is 13.4. The Kier molecular flexibility index (Phi) is 9.85. The molecule has 7 nitrogen and oxygen atoms in total. The number of alkyl halides is 2. The van der Waals surface area contributed by atoms with Crippen LogP contribution in [0.3, 0.4) is 0 Å². The zero-order chi connectivity index (χ0) is 24.1. The van der Waals surface area contributed by atoms with Crippen molar-refractivity contribution in [2.75, 3.05) is 26.8 Å². The van der Waals surface area contributed by atoms with Crippen LogP contribution in [0.1, 0.15) is 58.3 Å². The summed E-state index contributed by atoms with van der Waals surface area (Å²) in [5.41, 5.74) is 0. The van der Waals surface area contributed by atoms with E-state index in [0.717, 1.165) is 51.6 Å². The molecule has 11 unspecified atom stereocenters. The van der Waals surface area contributed by atoms with Gasteiger partial charge in [-0.25, -0.2) is 4.39 Å². The molecule has 0 radical (unpaired) electrons. The van der Waals surface area contributed by atoms with Crippen LogP contribution in [0.4, 0.5) is 4.39 Å². The predicted octanol–water partition coefficient (Wildman–Crippen LogP) is 2.44. The predicted molar refractivity (Wildman–Crippen MR) is 131 cm³/mol. The average Bonchev–Trinajstić information content (AvgIpc) is 2.83. The van der Waals surface area contributed by atoms with E-state index in [0.29, 0.717) is 37.6 Å². The van der Waals surface area contributed by atoms with E-state index in [4.69, 9.17) is 21.1 Å². The number of nitriles is 1. The van der Waals surface area contributed by atoms with Crippen molar-refractivity contribution >= 4 is 11.6 Å². The van der Waals surface area contributed by atoms with Crippen molar-refractivity contribution in [1.82, 2.24) is 21.3 Å². The second-order valence-corrected chi connectivity index (χ2v) is 11.2. The number of rotatable bonds is 8. The van der Waals surface area contributed by atoms with Gasteiger partial charge in [0.25, 0.3) is 0 Å². The van der Waals surface area contributed by atoms with Gasteiger partial charge in [0.2, 0.25) is 0 Å². The van der Waals surface area contributed by atoms with Crippen molar-refractivity contribution in [3.8, 4) is 6.07 Å². The molecule has 34 heavy (non-hydrogen) atoms. The quantitative estimate of drug-likeness (QED) is 0.301. The first-order valence-corrected chi connectivity index (χ1v) is 13.8. The third kappa shape index (κ3) is 6.42. The van der Waals surface area contributed by atoms with Gasteiger partial charge in [-0.3, -0.25) is 5.32 Å². The Morgan fingerprint density at radius 3 is 2.68 bits per heavy atom. The highest BCUT2D eigenvalue weighted by atomic mass is 35.5. The molecule has 0 spiro atoms. The van der Waals surface area contributed by atoms with E-state index in [1.165, 1.54) is 0 Å². The van der Waals surface area contributed by atoms with Crippen LogP contribution < -0.4 is 21.3 Å². The molecule has 2 aliphatic heterocycles. The lowest BCUT2D eigenvalue weighted by molar-refractivity contribution is -0.0297. The fourth-order valence-corrected chi connectivity index (χ4v) is 7.05. The van der Waals surface area contributed by atoms with Crippen LogP contribution >= 0.6 is 11.6 Å². The molecule has 0 aromatic rings. The van der Waals surface area contributed by atoms with Gasteiger partial charge < -0.3 is 25.4 Å². The van der Waals surface area contributed by atoms with Gasteiger partial charge in [-0.15, -0.1) is 11.6 Å². The Bertz CT molecular complexity index is 684. The summed E-state index contributed by atoms with van der Waals surface area (Å²) in [6, 6.07) is 3.72. The average molecular weight is 500 g/mol. The zero-order valence-electron chi connectivity index (χ0n) is 20.6. The third-order valence-corrected chi connectivity index (χ3v) is 8.93. The molecule has 2 saturated heterocycles. The molecule has 4 aliphatic rings. The van der Waals surface area contributed by atoms with Crippen molar-refractivity contribution in [2.45, 2.75) is 112 Å². The minimum Gasteiger partial charge on any atom is -0.377 e. The van der Waals surface area contributed by atoms with Crippen molar-refractivity contribution < 1.29 is 13.9 Å². The summed E-state index contributed by atoms with van der Waals surface area (Å²) in [7, 11) is 2.01. The summed E-state index contributed by atoms with van der Waals surface area (Å²) >= 11 is 6.79. The lowest BCUT2D eigenvalue weighted by atomic mass is 9.69. The summed E-state index contributed by atoms with van der Waals surface area (Å²) in [4.78, 5) is 0. The molecule has 2 saturated carbocycles. The molecule has 9 heteroatoms. The highest BCUT2D eigenvalue weighted by molar-refractivity contribution is 6.21. The topological polar surface area (TPSA) is 90.4 Å². The Labute approximate surface area is 209 Å². The SMILES string of the molecule is CCOC1CC2NCC(C#N)C(NC3CCC(OCC4CCCC(F)N4)C(Cl)C3)C2CC1NC. The molecule has 4 rings (SSSR count). The Balaban J connectivity index is 1.31. The molecule has 0 aromatic heterocycles. The summed E-state index contributed by atoms with van der Waals surface area (Å²) in [6.07, 6.45) is 6.39. The van der Waals surface area contributed by atoms with Crippen molar-refractivity contribution in [2.24, 2.45) is 11.8 Å². The van der Waals surface area contributed by atoms with Crippen LogP contribution in [0, 0.1) is 23.2 Å². The van der Waals surface area contributed by atoms with E-state index < -0.39 is 6.30 Å². The largest absolute Gasteiger partial charge is 0.377 e. The van der Waals surface area contributed by atoms with Crippen LogP contribution in [-0.4, -0.2) is 80.9 Å². The Morgan fingerprint density at radius 2 is 1.97 bits per heavy atom. The van der Waals surface area contributed by atoms with Gasteiger partial charge in [-0.05, 0) is 71.3 Å². The number of ether oxygens (including phenoxy) is 2. The number of hydrogen-bond donors (Lipinski definition) is 4. The van der Waals surface area contributed by atoms with E-state index in [-0.39, 0.29) is 41.6 Å². The van der Waals surface area contributed by atoms with Crippen molar-refractivity contribution in [3.63, 3.8) is 0 Å². The molecule has 2 heterocycles. The maximum absolute atomic E-state index is 13.6. The van der Waals surface area contributed by atoms with Gasteiger partial charge >= 0.3 is 0 Å². The van der Waals surface area contributed by atoms with E-state index in [9.17, 15) is 9.65 Å². The fraction of sp³-hybridized carbons (Fsp3) is 0.960. The molecule has 0 bridgehead atoms. The molecule has 11 atom stereocenters. The number of piperidine rings is 2. The van der Waals surface area contributed by atoms with E-state index in [2.05, 4.69) is 34.3 Å². The van der Waals surface area contributed by atoms with Gasteiger partial charge in [-0.2, -0.15) is 5.26 Å². The Morgan fingerprint density at radius 1 is 1.12 bits per heavy atom. The van der Waals surface area contributed by atoms with Crippen LogP contribution in [0.5, 0.6) is 0 Å². The number of hydrogen-bond acceptors (Lipinski definition) is 7. The third-order valence-electron chi connectivity index (χ3n) is 8.47. The van der Waals surface area contributed by atoms with Crippen molar-refractivity contribution in [1.29, 1.82) is 5.26 Å². The minimum atomic E-state index is -0.915. The van der Waals surface area contributed by atoms with Crippen molar-refractivity contribution in [3.05, 3.63) is 0 Å². The standard InChI is InChI=1S/C25H43ClFN5O2/c1-3-33-23-11-20-18(10-21(23)29-2)25(15(12-28)13-30-20)32-16-7-8-22(19(26)9-16)34-14-17-5-4-6-24(27)31-17/h15-25,29-32H,3-11,13-14H2,1-2H3. The number of nitrogens with one attached hydrogen (secondary N) is 4. The van der Waals surface area contributed by atoms with E-state index in [1.54, 1.807) is 0 Å². The van der Waals surface area contributed by atoms with Gasteiger partial charge in [0.1, 0.15) is 0 Å². The summed E-state index contributed by atoms with van der Waals surface area (Å²) < 4.78 is 25.8. The molecule has 4 fully saturated rings. The molecule has 194 valence electrons. The number of likely N-dealkylation sites (N-methyl/N-ethyl adjacent to an activating group) is 1. The zero-order valence-corrected chi connectivity index (χ0v) is 21.4.